The monoisotopic (exact) mass is 559 g/mol. The van der Waals surface area contributed by atoms with Gasteiger partial charge in [-0.15, -0.1) is 23.1 Å². The van der Waals surface area contributed by atoms with Crippen molar-refractivity contribution >= 4 is 63.1 Å². The number of thiazole rings is 1. The van der Waals surface area contributed by atoms with Crippen molar-refractivity contribution in [3.8, 4) is 0 Å². The number of oxime groups is 1. The molecule has 2 amide bonds. The molecule has 15 nitrogen and oxygen atoms in total. The molecule has 3 aromatic heterocycles. The number of imidazole rings is 1. The number of nitrogens with zero attached hydrogens (tertiary/aromatic N) is 6. The molecule has 0 radical (unpaired) electrons. The van der Waals surface area contributed by atoms with E-state index >= 15 is 0 Å². The lowest BCUT2D eigenvalue weighted by Gasteiger charge is -2.49. The van der Waals surface area contributed by atoms with E-state index in [0.717, 1.165) is 16.2 Å². The number of thioether (sulfide) groups is 1. The van der Waals surface area contributed by atoms with Crippen LogP contribution in [0.1, 0.15) is 5.69 Å². The second kappa shape index (κ2) is 9.75. The number of aromatic nitrogens is 3. The van der Waals surface area contributed by atoms with Crippen LogP contribution in [0.3, 0.4) is 0 Å². The summed E-state index contributed by atoms with van der Waals surface area (Å²) in [5.41, 5.74) is 6.50. The number of carboxylic acid groups (broad SMARTS) is 1. The van der Waals surface area contributed by atoms with Gasteiger partial charge in [0.25, 0.3) is 17.5 Å². The zero-order chi connectivity index (χ0) is 27.1. The molecule has 196 valence electrons. The van der Waals surface area contributed by atoms with E-state index in [-0.39, 0.29) is 40.2 Å². The first kappa shape index (κ1) is 25.2. The van der Waals surface area contributed by atoms with Crippen LogP contribution < -0.4 is 15.6 Å². The van der Waals surface area contributed by atoms with Crippen LogP contribution in [0.2, 0.25) is 0 Å². The minimum Gasteiger partial charge on any atom is -0.477 e. The maximum absolute atomic E-state index is 13.1. The Balaban J connectivity index is 1.37. The van der Waals surface area contributed by atoms with E-state index in [1.807, 2.05) is 0 Å². The van der Waals surface area contributed by atoms with Gasteiger partial charge in [-0.1, -0.05) is 5.16 Å². The van der Waals surface area contributed by atoms with E-state index < -0.39 is 34.1 Å². The first-order valence-electron chi connectivity index (χ1n) is 10.9. The Morgan fingerprint density at radius 2 is 2.24 bits per heavy atom. The maximum atomic E-state index is 13.1. The lowest BCUT2D eigenvalue weighted by atomic mass is 10.0. The predicted octanol–water partition coefficient (Wildman–Crippen LogP) is -0.0370. The topological polar surface area (TPSA) is 199 Å². The summed E-state index contributed by atoms with van der Waals surface area (Å²) in [7, 11) is 1.26. The SMILES string of the molecule is CO/N=C(\C(=O)N[C@@H]1C(=O)N2C(C(=O)O)=C(C[n+]3ccn4cc([N+](=O)[O-])ccc43)CS[C@H]12)c1csc(N)n1. The second-order valence-electron chi connectivity index (χ2n) is 8.15. The number of hydrogen-bond donors (Lipinski definition) is 3. The van der Waals surface area contributed by atoms with Crippen molar-refractivity contribution in [2.24, 2.45) is 5.16 Å². The Kier molecular flexibility index (Phi) is 6.45. The number of nitrogens with two attached hydrogens (primary N) is 1. The standard InChI is InChI=1S/C21H18N8O7S2/c1-36-25-14(12-9-38-21(22)23-12)17(30)24-15-18(31)28-16(20(32)33)10(8-37-19(15)28)6-26-4-5-27-7-11(29(34)35)2-3-13(26)27/h2-5,7,9,15,19H,6,8H2,1H3,(H3-,22,23,24,30,32,33)/p+1/b25-14-/t15-,19-/m1/s1. The third-order valence-electron chi connectivity index (χ3n) is 5.91. The highest BCUT2D eigenvalue weighted by Gasteiger charge is 2.54. The molecular weight excluding hydrogens is 540 g/mol. The third-order valence-corrected chi connectivity index (χ3v) is 7.92. The molecule has 0 unspecified atom stereocenters. The first-order chi connectivity index (χ1) is 18.2. The number of nitrogen functional groups attached to an aromatic ring is 1. The number of fused-ring (bicyclic) bond motifs is 2. The maximum Gasteiger partial charge on any atom is 0.352 e. The molecule has 0 aliphatic carbocycles. The smallest absolute Gasteiger partial charge is 0.352 e. The fourth-order valence-corrected chi connectivity index (χ4v) is 6.13. The number of hydrogen-bond acceptors (Lipinski definition) is 11. The van der Waals surface area contributed by atoms with Gasteiger partial charge in [0.15, 0.2) is 17.0 Å². The minimum absolute atomic E-state index is 0.0852. The highest BCUT2D eigenvalue weighted by molar-refractivity contribution is 8.00. The van der Waals surface area contributed by atoms with Gasteiger partial charge in [-0.05, 0) is 0 Å². The predicted molar refractivity (Wildman–Crippen MR) is 134 cm³/mol. The number of carbonyl (C=O) groups excluding carboxylic acids is 2. The summed E-state index contributed by atoms with van der Waals surface area (Å²) in [4.78, 5) is 58.6. The summed E-state index contributed by atoms with van der Waals surface area (Å²) in [6.45, 7) is 0.145. The van der Waals surface area contributed by atoms with Crippen LogP contribution in [0.25, 0.3) is 5.65 Å². The number of aliphatic carboxylic acids is 1. The fraction of sp³-hybridized carbons (Fsp3) is 0.238. The number of β-lactam (4-membered cyclic amide) rings is 1. The average molecular weight is 560 g/mol. The molecule has 5 heterocycles. The Labute approximate surface area is 221 Å². The highest BCUT2D eigenvalue weighted by atomic mass is 32.2. The molecule has 1 fully saturated rings. The van der Waals surface area contributed by atoms with Crippen molar-refractivity contribution in [3.63, 3.8) is 0 Å². The summed E-state index contributed by atoms with van der Waals surface area (Å²) in [6, 6.07) is 1.94. The van der Waals surface area contributed by atoms with Gasteiger partial charge >= 0.3 is 11.7 Å². The summed E-state index contributed by atoms with van der Waals surface area (Å²) < 4.78 is 3.30. The van der Waals surface area contributed by atoms with Crippen molar-refractivity contribution in [3.05, 3.63) is 63.2 Å². The molecular formula is C21H19N8O7S2+. The van der Waals surface area contributed by atoms with Crippen LogP contribution in [-0.4, -0.2) is 72.1 Å². The molecule has 4 N–H and O–H groups in total. The zero-order valence-electron chi connectivity index (χ0n) is 19.5. The Morgan fingerprint density at radius 1 is 1.45 bits per heavy atom. The van der Waals surface area contributed by atoms with E-state index in [4.69, 9.17) is 10.6 Å². The van der Waals surface area contributed by atoms with Crippen LogP contribution in [0.4, 0.5) is 10.8 Å². The Hall–Kier alpha value is -4.51. The minimum atomic E-state index is -1.28. The molecule has 3 aromatic rings. The Morgan fingerprint density at radius 3 is 2.89 bits per heavy atom. The van der Waals surface area contributed by atoms with Crippen molar-refractivity contribution in [2.75, 3.05) is 18.6 Å². The number of pyridine rings is 1. The lowest BCUT2D eigenvalue weighted by Crippen LogP contribution is -2.71. The van der Waals surface area contributed by atoms with E-state index in [1.54, 1.807) is 27.4 Å². The van der Waals surface area contributed by atoms with Gasteiger partial charge in [-0.3, -0.25) is 24.6 Å². The third kappa shape index (κ3) is 4.30. The van der Waals surface area contributed by atoms with Crippen LogP contribution >= 0.6 is 23.1 Å². The molecule has 2 aliphatic heterocycles. The first-order valence-corrected chi connectivity index (χ1v) is 12.8. The molecule has 0 bridgehead atoms. The van der Waals surface area contributed by atoms with Crippen LogP contribution in [-0.2, 0) is 25.8 Å². The summed E-state index contributed by atoms with van der Waals surface area (Å²) >= 11 is 2.42. The largest absolute Gasteiger partial charge is 0.477 e. The number of carbonyl (C=O) groups is 3. The average Bonchev–Trinajstić information content (AvgIpc) is 3.50. The van der Waals surface area contributed by atoms with Crippen molar-refractivity contribution in [1.82, 2.24) is 19.6 Å². The van der Waals surface area contributed by atoms with Gasteiger partial charge in [0, 0.05) is 28.8 Å². The molecule has 17 heteroatoms. The van der Waals surface area contributed by atoms with E-state index in [0.29, 0.717) is 11.2 Å². The van der Waals surface area contributed by atoms with Gasteiger partial charge in [0.05, 0.1) is 4.92 Å². The van der Waals surface area contributed by atoms with Gasteiger partial charge < -0.3 is 21.0 Å². The molecule has 0 aromatic carbocycles. The molecule has 0 spiro atoms. The number of nitro groups is 1. The quantitative estimate of drug-likeness (QED) is 0.111. The lowest BCUT2D eigenvalue weighted by molar-refractivity contribution is -0.662. The Bertz CT molecular complexity index is 1560. The number of amides is 2. The van der Waals surface area contributed by atoms with Crippen molar-refractivity contribution in [2.45, 2.75) is 18.0 Å². The van der Waals surface area contributed by atoms with Gasteiger partial charge in [-0.25, -0.2) is 14.3 Å². The molecule has 2 aliphatic rings. The normalized spacial score (nSPS) is 19.2. The summed E-state index contributed by atoms with van der Waals surface area (Å²) in [6.07, 6.45) is 4.65. The summed E-state index contributed by atoms with van der Waals surface area (Å²) in [5, 5.41) is 28.4. The number of anilines is 1. The van der Waals surface area contributed by atoms with Gasteiger partial charge in [-0.2, -0.15) is 4.40 Å². The van der Waals surface area contributed by atoms with E-state index in [1.165, 1.54) is 36.5 Å². The van der Waals surface area contributed by atoms with E-state index in [2.05, 4.69) is 15.5 Å². The van der Waals surface area contributed by atoms with Gasteiger partial charge in [0.2, 0.25) is 0 Å². The van der Waals surface area contributed by atoms with Crippen molar-refractivity contribution in [1.29, 1.82) is 0 Å². The van der Waals surface area contributed by atoms with Crippen LogP contribution in [0.5, 0.6) is 0 Å². The van der Waals surface area contributed by atoms with Gasteiger partial charge in [0.1, 0.15) is 48.9 Å². The number of nitrogens with one attached hydrogen (secondary N) is 1. The molecule has 2 atom stereocenters. The van der Waals surface area contributed by atoms with Crippen LogP contribution in [0.15, 0.2) is 52.5 Å². The summed E-state index contributed by atoms with van der Waals surface area (Å²) in [5.74, 6) is -2.29. The number of rotatable bonds is 8. The fourth-order valence-electron chi connectivity index (χ4n) is 4.24. The molecule has 0 saturated carbocycles. The van der Waals surface area contributed by atoms with E-state index in [9.17, 15) is 29.6 Å². The zero-order valence-corrected chi connectivity index (χ0v) is 21.1. The molecule has 5 rings (SSSR count). The molecule has 1 saturated heterocycles. The number of carboxylic acids is 1. The highest BCUT2D eigenvalue weighted by Crippen LogP contribution is 2.40. The van der Waals surface area contributed by atoms with Crippen LogP contribution in [0, 0.1) is 10.1 Å². The molecule has 38 heavy (non-hydrogen) atoms. The van der Waals surface area contributed by atoms with Crippen molar-refractivity contribution < 1.29 is 33.8 Å². The second-order valence-corrected chi connectivity index (χ2v) is 10.1.